The van der Waals surface area contributed by atoms with Crippen LogP contribution in [0.15, 0.2) is 47.4 Å². The van der Waals surface area contributed by atoms with Gasteiger partial charge in [0.25, 0.3) is 0 Å². The third-order valence-corrected chi connectivity index (χ3v) is 4.62. The first kappa shape index (κ1) is 14.2. The number of nitrogens with two attached hydrogens (primary N) is 1. The van der Waals surface area contributed by atoms with Crippen molar-refractivity contribution in [3.8, 4) is 0 Å². The van der Waals surface area contributed by atoms with Crippen molar-refractivity contribution in [2.45, 2.75) is 17.2 Å². The summed E-state index contributed by atoms with van der Waals surface area (Å²) in [6.45, 7) is 0.287. The van der Waals surface area contributed by atoms with E-state index in [1.807, 2.05) is 0 Å². The summed E-state index contributed by atoms with van der Waals surface area (Å²) in [5.74, 6) is -0.156. The number of rotatable bonds is 4. The maximum absolute atomic E-state index is 13.2. The molecule has 0 fully saturated rings. The molecule has 100 valence electrons. The molecule has 0 saturated carbocycles. The molecule has 0 saturated heterocycles. The fourth-order valence-corrected chi connectivity index (χ4v) is 3.39. The Morgan fingerprint density at radius 3 is 2.58 bits per heavy atom. The first-order valence-corrected chi connectivity index (χ1v) is 7.42. The van der Waals surface area contributed by atoms with Gasteiger partial charge < -0.3 is 5.73 Å². The molecule has 0 aliphatic heterocycles. The van der Waals surface area contributed by atoms with Crippen LogP contribution in [0.2, 0.25) is 5.02 Å². The quantitative estimate of drug-likeness (QED) is 0.941. The van der Waals surface area contributed by atoms with Gasteiger partial charge in [-0.2, -0.15) is 0 Å². The van der Waals surface area contributed by atoms with Crippen molar-refractivity contribution in [2.75, 3.05) is 0 Å². The molecule has 2 rings (SSSR count). The highest BCUT2D eigenvalue weighted by Crippen LogP contribution is 2.22. The van der Waals surface area contributed by atoms with E-state index >= 15 is 0 Å². The number of hydrogen-bond acceptors (Lipinski definition) is 2. The molecule has 0 heterocycles. The second-order valence-electron chi connectivity index (χ2n) is 4.04. The summed E-state index contributed by atoms with van der Waals surface area (Å²) in [5.41, 5.74) is 7.04. The molecule has 1 unspecified atom stereocenters. The van der Waals surface area contributed by atoms with Crippen LogP contribution in [0.25, 0.3) is 0 Å². The second-order valence-corrected chi connectivity index (χ2v) is 5.86. The smallest absolute Gasteiger partial charge is 0.123 e. The van der Waals surface area contributed by atoms with Crippen molar-refractivity contribution in [2.24, 2.45) is 5.73 Å². The lowest BCUT2D eigenvalue weighted by Gasteiger charge is -2.09. The molecule has 1 atom stereocenters. The molecule has 2 N–H and O–H groups in total. The van der Waals surface area contributed by atoms with Gasteiger partial charge in [-0.25, -0.2) is 4.39 Å². The zero-order valence-corrected chi connectivity index (χ0v) is 11.7. The van der Waals surface area contributed by atoms with Crippen molar-refractivity contribution >= 4 is 22.4 Å². The third kappa shape index (κ3) is 3.41. The fraction of sp³-hybridized carbons (Fsp3) is 0.143. The Morgan fingerprint density at radius 2 is 1.89 bits per heavy atom. The zero-order valence-electron chi connectivity index (χ0n) is 10.1. The van der Waals surface area contributed by atoms with Crippen LogP contribution < -0.4 is 5.73 Å². The van der Waals surface area contributed by atoms with E-state index in [2.05, 4.69) is 0 Å². The maximum atomic E-state index is 13.2. The zero-order chi connectivity index (χ0) is 13.8. The second kappa shape index (κ2) is 6.28. The SMILES string of the molecule is NCc1ccc(F)cc1CS(=O)c1ccccc1Cl. The molecule has 0 aliphatic carbocycles. The van der Waals surface area contributed by atoms with Gasteiger partial charge in [-0.3, -0.25) is 4.21 Å². The van der Waals surface area contributed by atoms with Gasteiger partial charge in [0.15, 0.2) is 0 Å². The van der Waals surface area contributed by atoms with Crippen LogP contribution in [0.1, 0.15) is 11.1 Å². The number of halogens is 2. The molecule has 0 radical (unpaired) electrons. The van der Waals surface area contributed by atoms with Crippen LogP contribution in [0.4, 0.5) is 4.39 Å². The molecule has 5 heteroatoms. The first-order chi connectivity index (χ1) is 9.11. The average molecular weight is 298 g/mol. The summed E-state index contributed by atoms with van der Waals surface area (Å²) in [7, 11) is -1.32. The van der Waals surface area contributed by atoms with Gasteiger partial charge in [0.2, 0.25) is 0 Å². The van der Waals surface area contributed by atoms with Gasteiger partial charge >= 0.3 is 0 Å². The van der Waals surface area contributed by atoms with Gasteiger partial charge in [0, 0.05) is 6.54 Å². The average Bonchev–Trinajstić information content (AvgIpc) is 2.39. The van der Waals surface area contributed by atoms with E-state index in [1.165, 1.54) is 12.1 Å². The molecule has 0 amide bonds. The Morgan fingerprint density at radius 1 is 1.16 bits per heavy atom. The van der Waals surface area contributed by atoms with E-state index in [0.717, 1.165) is 5.56 Å². The molecular weight excluding hydrogens is 285 g/mol. The normalized spacial score (nSPS) is 12.4. The summed E-state index contributed by atoms with van der Waals surface area (Å²) in [6, 6.07) is 11.3. The van der Waals surface area contributed by atoms with Crippen LogP contribution >= 0.6 is 11.6 Å². The third-order valence-electron chi connectivity index (χ3n) is 2.76. The van der Waals surface area contributed by atoms with E-state index in [4.69, 9.17) is 17.3 Å². The fourth-order valence-electron chi connectivity index (χ4n) is 1.78. The molecule has 2 aromatic rings. The van der Waals surface area contributed by atoms with Gasteiger partial charge in [-0.15, -0.1) is 0 Å². The molecule has 2 nitrogen and oxygen atoms in total. The predicted octanol–water partition coefficient (Wildman–Crippen LogP) is 3.25. The van der Waals surface area contributed by atoms with Crippen LogP contribution in [0.5, 0.6) is 0 Å². The summed E-state index contributed by atoms with van der Waals surface area (Å²) in [5, 5.41) is 0.450. The van der Waals surface area contributed by atoms with E-state index in [0.29, 0.717) is 15.5 Å². The van der Waals surface area contributed by atoms with E-state index in [1.54, 1.807) is 30.3 Å². The highest BCUT2D eigenvalue weighted by molar-refractivity contribution is 7.84. The Hall–Kier alpha value is -1.23. The minimum Gasteiger partial charge on any atom is -0.326 e. The van der Waals surface area contributed by atoms with Crippen molar-refractivity contribution in [1.82, 2.24) is 0 Å². The predicted molar refractivity (Wildman–Crippen MR) is 75.9 cm³/mol. The summed E-state index contributed by atoms with van der Waals surface area (Å²) >= 11 is 6.00. The monoisotopic (exact) mass is 297 g/mol. The number of benzene rings is 2. The van der Waals surface area contributed by atoms with Crippen molar-refractivity contribution < 1.29 is 8.60 Å². The number of hydrogen-bond donors (Lipinski definition) is 1. The lowest BCUT2D eigenvalue weighted by atomic mass is 10.1. The lowest BCUT2D eigenvalue weighted by molar-refractivity contribution is 0.625. The Labute approximate surface area is 118 Å². The van der Waals surface area contributed by atoms with Gasteiger partial charge in [-0.05, 0) is 35.4 Å². The highest BCUT2D eigenvalue weighted by Gasteiger charge is 2.11. The first-order valence-electron chi connectivity index (χ1n) is 5.72. The summed E-state index contributed by atoms with van der Waals surface area (Å²) < 4.78 is 25.5. The molecule has 0 bridgehead atoms. The van der Waals surface area contributed by atoms with E-state index in [9.17, 15) is 8.60 Å². The van der Waals surface area contributed by atoms with Crippen LogP contribution in [0.3, 0.4) is 0 Å². The van der Waals surface area contributed by atoms with E-state index < -0.39 is 10.8 Å². The van der Waals surface area contributed by atoms with Crippen LogP contribution in [0, 0.1) is 5.82 Å². The Balaban J connectivity index is 2.29. The molecule has 0 aliphatic rings. The largest absolute Gasteiger partial charge is 0.326 e. The van der Waals surface area contributed by atoms with Crippen molar-refractivity contribution in [1.29, 1.82) is 0 Å². The minimum absolute atomic E-state index is 0.202. The highest BCUT2D eigenvalue weighted by atomic mass is 35.5. The van der Waals surface area contributed by atoms with Crippen molar-refractivity contribution in [3.05, 3.63) is 64.4 Å². The molecule has 0 spiro atoms. The Kier molecular flexibility index (Phi) is 4.69. The molecule has 19 heavy (non-hydrogen) atoms. The lowest BCUT2D eigenvalue weighted by Crippen LogP contribution is -2.05. The molecular formula is C14H13ClFNOS. The Bertz CT molecular complexity index is 618. The van der Waals surface area contributed by atoms with Crippen molar-refractivity contribution in [3.63, 3.8) is 0 Å². The van der Waals surface area contributed by atoms with E-state index in [-0.39, 0.29) is 18.1 Å². The minimum atomic E-state index is -1.32. The molecule has 2 aromatic carbocycles. The van der Waals surface area contributed by atoms with Gasteiger partial charge in [0.05, 0.1) is 26.5 Å². The topological polar surface area (TPSA) is 43.1 Å². The van der Waals surface area contributed by atoms with Gasteiger partial charge in [-0.1, -0.05) is 29.8 Å². The standard InChI is InChI=1S/C14H13ClFNOS/c15-13-3-1-2-4-14(13)19(18)9-11-7-12(16)6-5-10(11)8-17/h1-7H,8-9,17H2. The summed E-state index contributed by atoms with van der Waals surface area (Å²) in [4.78, 5) is 0.552. The molecule has 0 aromatic heterocycles. The van der Waals surface area contributed by atoms with Gasteiger partial charge in [0.1, 0.15) is 5.82 Å². The van der Waals surface area contributed by atoms with Crippen LogP contribution in [-0.2, 0) is 23.1 Å². The van der Waals surface area contributed by atoms with Crippen LogP contribution in [-0.4, -0.2) is 4.21 Å². The maximum Gasteiger partial charge on any atom is 0.123 e. The summed E-state index contributed by atoms with van der Waals surface area (Å²) in [6.07, 6.45) is 0.